The zero-order chi connectivity index (χ0) is 18.6. The molecule has 142 valence electrons. The molecular weight excluding hydrogens is 344 g/mol. The van der Waals surface area contributed by atoms with Crippen LogP contribution in [0.25, 0.3) is 11.0 Å². The van der Waals surface area contributed by atoms with Gasteiger partial charge in [-0.3, -0.25) is 0 Å². The van der Waals surface area contributed by atoms with E-state index < -0.39 is 0 Å². The SMILES string of the molecule is Cc1nccn1CCC1CCCCN1C(=O)NCc1ccc2nonc2c1. The molecule has 3 aromatic rings. The van der Waals surface area contributed by atoms with Crippen LogP contribution in [0.4, 0.5) is 4.79 Å². The first-order valence-corrected chi connectivity index (χ1v) is 9.44. The Kier molecular flexibility index (Phi) is 5.04. The van der Waals surface area contributed by atoms with Gasteiger partial charge in [0, 0.05) is 38.1 Å². The van der Waals surface area contributed by atoms with E-state index in [9.17, 15) is 4.79 Å². The molecule has 0 radical (unpaired) electrons. The quantitative estimate of drug-likeness (QED) is 0.748. The number of piperidine rings is 1. The van der Waals surface area contributed by atoms with E-state index >= 15 is 0 Å². The predicted octanol–water partition coefficient (Wildman–Crippen LogP) is 2.88. The molecule has 1 aliphatic rings. The third kappa shape index (κ3) is 3.94. The van der Waals surface area contributed by atoms with Gasteiger partial charge in [0.1, 0.15) is 16.9 Å². The van der Waals surface area contributed by atoms with Crippen molar-refractivity contribution in [3.05, 3.63) is 42.0 Å². The molecule has 1 atom stereocenters. The molecule has 0 spiro atoms. The Morgan fingerprint density at radius 3 is 3.04 bits per heavy atom. The van der Waals surface area contributed by atoms with Crippen LogP contribution in [0.3, 0.4) is 0 Å². The summed E-state index contributed by atoms with van der Waals surface area (Å²) < 4.78 is 6.86. The van der Waals surface area contributed by atoms with Crippen molar-refractivity contribution >= 4 is 17.1 Å². The molecule has 1 aliphatic heterocycles. The summed E-state index contributed by atoms with van der Waals surface area (Å²) in [5.74, 6) is 1.01. The summed E-state index contributed by atoms with van der Waals surface area (Å²) in [6.45, 7) is 4.17. The fourth-order valence-electron chi connectivity index (χ4n) is 3.71. The van der Waals surface area contributed by atoms with Crippen LogP contribution in [-0.4, -0.2) is 43.4 Å². The van der Waals surface area contributed by atoms with Crippen LogP contribution in [0, 0.1) is 6.92 Å². The Bertz CT molecular complexity index is 918. The summed E-state index contributed by atoms with van der Waals surface area (Å²) >= 11 is 0. The fraction of sp³-hybridized carbons (Fsp3) is 0.474. The molecule has 0 bridgehead atoms. The minimum Gasteiger partial charge on any atom is -0.335 e. The topological polar surface area (TPSA) is 89.1 Å². The third-order valence-corrected chi connectivity index (χ3v) is 5.28. The number of amides is 2. The number of fused-ring (bicyclic) bond motifs is 1. The molecule has 8 heteroatoms. The van der Waals surface area contributed by atoms with Crippen molar-refractivity contribution in [3.8, 4) is 0 Å². The number of imidazole rings is 1. The van der Waals surface area contributed by atoms with Crippen molar-refractivity contribution in [1.82, 2.24) is 30.1 Å². The highest BCUT2D eigenvalue weighted by atomic mass is 16.6. The second kappa shape index (κ2) is 7.77. The van der Waals surface area contributed by atoms with Gasteiger partial charge in [-0.25, -0.2) is 14.4 Å². The van der Waals surface area contributed by atoms with Crippen LogP contribution in [0.15, 0.2) is 35.2 Å². The van der Waals surface area contributed by atoms with E-state index in [0.717, 1.165) is 49.3 Å². The maximum atomic E-state index is 12.8. The number of urea groups is 1. The van der Waals surface area contributed by atoms with Crippen LogP contribution in [0.5, 0.6) is 0 Å². The van der Waals surface area contributed by atoms with Gasteiger partial charge >= 0.3 is 6.03 Å². The standard InChI is InChI=1S/C19H24N6O2/c1-14-20-8-11-24(14)10-7-16-4-2-3-9-25(16)19(26)21-13-15-5-6-17-18(12-15)23-27-22-17/h5-6,8,11-12,16H,2-4,7,9-10,13H2,1H3,(H,21,26). The average molecular weight is 368 g/mol. The zero-order valence-electron chi connectivity index (χ0n) is 15.5. The number of benzene rings is 1. The van der Waals surface area contributed by atoms with E-state index in [1.54, 1.807) is 0 Å². The van der Waals surface area contributed by atoms with Gasteiger partial charge in [-0.05, 0) is 60.6 Å². The van der Waals surface area contributed by atoms with Crippen molar-refractivity contribution in [2.45, 2.75) is 51.7 Å². The van der Waals surface area contributed by atoms with Crippen LogP contribution < -0.4 is 5.32 Å². The van der Waals surface area contributed by atoms with Gasteiger partial charge in [-0.15, -0.1) is 0 Å². The fourth-order valence-corrected chi connectivity index (χ4v) is 3.71. The maximum Gasteiger partial charge on any atom is 0.317 e. The van der Waals surface area contributed by atoms with Crippen molar-refractivity contribution in [2.75, 3.05) is 6.54 Å². The Balaban J connectivity index is 1.35. The number of likely N-dealkylation sites (tertiary alicyclic amines) is 1. The predicted molar refractivity (Wildman–Crippen MR) is 100.0 cm³/mol. The van der Waals surface area contributed by atoms with Crippen LogP contribution in [0.2, 0.25) is 0 Å². The Morgan fingerprint density at radius 1 is 1.30 bits per heavy atom. The lowest BCUT2D eigenvalue weighted by molar-refractivity contribution is 0.143. The van der Waals surface area contributed by atoms with E-state index in [1.807, 2.05) is 42.4 Å². The van der Waals surface area contributed by atoms with Gasteiger partial charge < -0.3 is 14.8 Å². The molecular formula is C19H24N6O2. The molecule has 1 N–H and O–H groups in total. The van der Waals surface area contributed by atoms with Crippen molar-refractivity contribution in [2.24, 2.45) is 0 Å². The Hall–Kier alpha value is -2.90. The smallest absolute Gasteiger partial charge is 0.317 e. The van der Waals surface area contributed by atoms with E-state index in [0.29, 0.717) is 12.1 Å². The minimum absolute atomic E-state index is 0.000396. The van der Waals surface area contributed by atoms with Gasteiger partial charge in [-0.2, -0.15) is 0 Å². The van der Waals surface area contributed by atoms with E-state index in [1.165, 1.54) is 6.42 Å². The lowest BCUT2D eigenvalue weighted by Gasteiger charge is -2.36. The highest BCUT2D eigenvalue weighted by molar-refractivity contribution is 5.76. The van der Waals surface area contributed by atoms with Crippen LogP contribution in [-0.2, 0) is 13.1 Å². The summed E-state index contributed by atoms with van der Waals surface area (Å²) in [6.07, 6.45) is 8.05. The second-order valence-electron chi connectivity index (χ2n) is 7.05. The number of nitrogens with zero attached hydrogens (tertiary/aromatic N) is 5. The van der Waals surface area contributed by atoms with Crippen molar-refractivity contribution in [3.63, 3.8) is 0 Å². The maximum absolute atomic E-state index is 12.8. The first kappa shape index (κ1) is 17.5. The molecule has 0 aliphatic carbocycles. The number of carbonyl (C=O) groups is 1. The molecule has 1 saturated heterocycles. The molecule has 2 aromatic heterocycles. The first-order chi connectivity index (χ1) is 13.2. The summed E-state index contributed by atoms with van der Waals surface area (Å²) in [4.78, 5) is 19.0. The number of aryl methyl sites for hydroxylation is 2. The highest BCUT2D eigenvalue weighted by Crippen LogP contribution is 2.21. The summed E-state index contributed by atoms with van der Waals surface area (Å²) in [6, 6.07) is 5.94. The lowest BCUT2D eigenvalue weighted by atomic mass is 9.99. The van der Waals surface area contributed by atoms with E-state index in [2.05, 4.69) is 25.2 Å². The van der Waals surface area contributed by atoms with Gasteiger partial charge in [0.05, 0.1) is 0 Å². The van der Waals surface area contributed by atoms with Gasteiger partial charge in [-0.1, -0.05) is 6.07 Å². The normalized spacial score (nSPS) is 17.4. The third-order valence-electron chi connectivity index (χ3n) is 5.28. The lowest BCUT2D eigenvalue weighted by Crippen LogP contribution is -2.48. The number of carbonyl (C=O) groups excluding carboxylic acids is 1. The molecule has 3 heterocycles. The molecule has 1 aromatic carbocycles. The van der Waals surface area contributed by atoms with Gasteiger partial charge in [0.2, 0.25) is 0 Å². The highest BCUT2D eigenvalue weighted by Gasteiger charge is 2.26. The molecule has 0 saturated carbocycles. The van der Waals surface area contributed by atoms with Crippen LogP contribution in [0.1, 0.15) is 37.1 Å². The van der Waals surface area contributed by atoms with Crippen molar-refractivity contribution in [1.29, 1.82) is 0 Å². The number of aromatic nitrogens is 4. The summed E-state index contributed by atoms with van der Waals surface area (Å²) in [5, 5.41) is 10.7. The van der Waals surface area contributed by atoms with E-state index in [-0.39, 0.29) is 12.1 Å². The molecule has 4 rings (SSSR count). The first-order valence-electron chi connectivity index (χ1n) is 9.44. The van der Waals surface area contributed by atoms with Gasteiger partial charge in [0.15, 0.2) is 0 Å². The zero-order valence-corrected chi connectivity index (χ0v) is 15.5. The second-order valence-corrected chi connectivity index (χ2v) is 7.05. The summed E-state index contributed by atoms with van der Waals surface area (Å²) in [7, 11) is 0. The van der Waals surface area contributed by atoms with Crippen molar-refractivity contribution < 1.29 is 9.42 Å². The minimum atomic E-state index is 0.000396. The number of hydrogen-bond donors (Lipinski definition) is 1. The van der Waals surface area contributed by atoms with E-state index in [4.69, 9.17) is 4.63 Å². The number of rotatable bonds is 5. The van der Waals surface area contributed by atoms with Crippen LogP contribution >= 0.6 is 0 Å². The molecule has 27 heavy (non-hydrogen) atoms. The Morgan fingerprint density at radius 2 is 2.19 bits per heavy atom. The monoisotopic (exact) mass is 368 g/mol. The number of hydrogen-bond acceptors (Lipinski definition) is 5. The molecule has 1 fully saturated rings. The average Bonchev–Trinajstić information content (AvgIpc) is 3.32. The molecule has 2 amide bonds. The van der Waals surface area contributed by atoms with Gasteiger partial charge in [0.25, 0.3) is 0 Å². The largest absolute Gasteiger partial charge is 0.335 e. The number of nitrogens with one attached hydrogen (secondary N) is 1. The molecule has 8 nitrogen and oxygen atoms in total. The summed E-state index contributed by atoms with van der Waals surface area (Å²) in [5.41, 5.74) is 2.40. The molecule has 1 unspecified atom stereocenters. The Labute approximate surface area is 157 Å².